The van der Waals surface area contributed by atoms with Crippen LogP contribution in [0.5, 0.6) is 0 Å². The lowest BCUT2D eigenvalue weighted by Crippen LogP contribution is -2.51. The van der Waals surface area contributed by atoms with Gasteiger partial charge in [0.05, 0.1) is 17.6 Å². The van der Waals surface area contributed by atoms with Gasteiger partial charge in [-0.3, -0.25) is 14.8 Å². The average Bonchev–Trinajstić information content (AvgIpc) is 2.84. The zero-order valence-corrected chi connectivity index (χ0v) is 15.1. The number of alkyl halides is 3. The van der Waals surface area contributed by atoms with Crippen molar-refractivity contribution in [2.45, 2.75) is 31.1 Å². The van der Waals surface area contributed by atoms with Crippen LogP contribution in [0.4, 0.5) is 18.0 Å². The van der Waals surface area contributed by atoms with Gasteiger partial charge in [-0.25, -0.2) is 14.8 Å². The lowest BCUT2D eigenvalue weighted by Gasteiger charge is -2.30. The second-order valence-electron chi connectivity index (χ2n) is 6.17. The van der Waals surface area contributed by atoms with Gasteiger partial charge in [-0.1, -0.05) is 0 Å². The number of amides is 3. The van der Waals surface area contributed by atoms with E-state index in [4.69, 9.17) is 9.96 Å². The van der Waals surface area contributed by atoms with Gasteiger partial charge in [-0.05, 0) is 12.8 Å². The first-order valence-electron chi connectivity index (χ1n) is 7.92. The molecule has 2 bridgehead atoms. The maximum atomic E-state index is 12.5. The first kappa shape index (κ1) is 20.9. The van der Waals surface area contributed by atoms with E-state index < -0.39 is 57.8 Å². The molecular weight excluding hydrogens is 425 g/mol. The van der Waals surface area contributed by atoms with E-state index in [-0.39, 0.29) is 19.4 Å². The molecule has 0 radical (unpaired) electrons. The molecule has 3 heterocycles. The molecule has 2 aliphatic rings. The van der Waals surface area contributed by atoms with Gasteiger partial charge in [0.2, 0.25) is 5.82 Å². The quantitative estimate of drug-likeness (QED) is 0.341. The number of rotatable bonds is 4. The average molecular weight is 438 g/mol. The van der Waals surface area contributed by atoms with Crippen molar-refractivity contribution in [3.8, 4) is 0 Å². The molecule has 16 heteroatoms. The third-order valence-electron chi connectivity index (χ3n) is 4.26. The second kappa shape index (κ2) is 7.20. The van der Waals surface area contributed by atoms with Crippen molar-refractivity contribution in [2.24, 2.45) is 0 Å². The Morgan fingerprint density at radius 1 is 1.31 bits per heavy atom. The molecule has 0 aromatic carbocycles. The maximum Gasteiger partial charge on any atom is 0.419 e. The summed E-state index contributed by atoms with van der Waals surface area (Å²) in [6.45, 7) is -0.0198. The van der Waals surface area contributed by atoms with Gasteiger partial charge < -0.3 is 10.2 Å². The Labute approximate surface area is 161 Å². The summed E-state index contributed by atoms with van der Waals surface area (Å²) in [6, 6.07) is -2.56. The van der Waals surface area contributed by atoms with E-state index in [1.807, 2.05) is 0 Å². The largest absolute Gasteiger partial charge is 0.419 e. The molecule has 1 aromatic heterocycles. The summed E-state index contributed by atoms with van der Waals surface area (Å²) in [4.78, 5) is 32.1. The molecule has 0 spiro atoms. The lowest BCUT2D eigenvalue weighted by atomic mass is 10.00. The highest BCUT2D eigenvalue weighted by molar-refractivity contribution is 7.80. The van der Waals surface area contributed by atoms with E-state index >= 15 is 0 Å². The van der Waals surface area contributed by atoms with Gasteiger partial charge in [0.1, 0.15) is 5.84 Å². The smallest absolute Gasteiger partial charge is 0.310 e. The molecule has 3 N–H and O–H groups in total. The topological polar surface area (TPSA) is 166 Å². The van der Waals surface area contributed by atoms with Crippen molar-refractivity contribution in [1.82, 2.24) is 25.2 Å². The lowest BCUT2D eigenvalue weighted by molar-refractivity contribution is -0.138. The van der Waals surface area contributed by atoms with E-state index in [0.29, 0.717) is 17.5 Å². The number of hydrogen-bond acceptors (Lipinski definition) is 8. The van der Waals surface area contributed by atoms with Gasteiger partial charge in [0.25, 0.3) is 5.91 Å². The number of urea groups is 1. The Hall–Kier alpha value is -2.85. The summed E-state index contributed by atoms with van der Waals surface area (Å²) in [5.74, 6) is -2.12. The third kappa shape index (κ3) is 4.43. The van der Waals surface area contributed by atoms with Gasteiger partial charge in [-0.2, -0.15) is 26.7 Å². The van der Waals surface area contributed by atoms with Crippen molar-refractivity contribution < 1.29 is 40.0 Å². The predicted octanol–water partition coefficient (Wildman–Crippen LogP) is 0.205. The number of nitrogens with one attached hydrogen (secondary N) is 2. The van der Waals surface area contributed by atoms with Gasteiger partial charge >= 0.3 is 22.6 Å². The van der Waals surface area contributed by atoms with E-state index in [1.54, 1.807) is 0 Å². The van der Waals surface area contributed by atoms with Gasteiger partial charge in [0, 0.05) is 18.9 Å². The summed E-state index contributed by atoms with van der Waals surface area (Å²) in [5.41, 5.74) is -1.15. The molecule has 2 fully saturated rings. The number of aromatic nitrogens is 2. The van der Waals surface area contributed by atoms with Crippen LogP contribution in [0.25, 0.3) is 0 Å². The summed E-state index contributed by atoms with van der Waals surface area (Å²) >= 11 is 0. The number of hydroxylamine groups is 2. The van der Waals surface area contributed by atoms with Crippen LogP contribution in [-0.4, -0.2) is 69.3 Å². The fraction of sp³-hybridized carbons (Fsp3) is 0.462. The van der Waals surface area contributed by atoms with Crippen LogP contribution in [0.2, 0.25) is 0 Å². The second-order valence-corrected chi connectivity index (χ2v) is 7.18. The van der Waals surface area contributed by atoms with Crippen molar-refractivity contribution in [1.29, 1.82) is 5.41 Å². The van der Waals surface area contributed by atoms with Crippen LogP contribution < -0.4 is 5.32 Å². The number of carbonyl (C=O) groups is 2. The molecule has 0 aliphatic carbocycles. The van der Waals surface area contributed by atoms with Crippen LogP contribution in [0, 0.1) is 5.41 Å². The first-order valence-corrected chi connectivity index (χ1v) is 9.29. The highest BCUT2D eigenvalue weighted by Gasteiger charge is 2.48. The zero-order chi connectivity index (χ0) is 21.6. The van der Waals surface area contributed by atoms with Crippen LogP contribution in [0.15, 0.2) is 12.4 Å². The fourth-order valence-corrected chi connectivity index (χ4v) is 3.37. The minimum Gasteiger partial charge on any atom is -0.310 e. The Bertz CT molecular complexity index is 953. The molecule has 3 rings (SSSR count). The van der Waals surface area contributed by atoms with Crippen LogP contribution in [-0.2, 0) is 20.9 Å². The Balaban J connectivity index is 1.67. The summed E-state index contributed by atoms with van der Waals surface area (Å²) < 4.78 is 72.3. The fourth-order valence-electron chi connectivity index (χ4n) is 2.98. The van der Waals surface area contributed by atoms with Crippen LogP contribution >= 0.6 is 0 Å². The van der Waals surface area contributed by atoms with Crippen molar-refractivity contribution >= 4 is 28.2 Å². The number of fused-ring (bicyclic) bond motifs is 2. The molecular formula is C13H13F3N6O6S. The van der Waals surface area contributed by atoms with Crippen molar-refractivity contribution in [2.75, 3.05) is 6.54 Å². The maximum absolute atomic E-state index is 12.5. The monoisotopic (exact) mass is 438 g/mol. The van der Waals surface area contributed by atoms with Gasteiger partial charge in [0.15, 0.2) is 0 Å². The van der Waals surface area contributed by atoms with Crippen LogP contribution in [0.3, 0.4) is 0 Å². The number of carbonyl (C=O) groups excluding carboxylic acids is 2. The number of piperidine rings is 1. The van der Waals surface area contributed by atoms with Crippen LogP contribution in [0.1, 0.15) is 29.0 Å². The van der Waals surface area contributed by atoms with E-state index in [0.717, 1.165) is 4.90 Å². The molecule has 29 heavy (non-hydrogen) atoms. The van der Waals surface area contributed by atoms with E-state index in [1.165, 1.54) is 0 Å². The Morgan fingerprint density at radius 2 is 1.93 bits per heavy atom. The zero-order valence-electron chi connectivity index (χ0n) is 14.3. The minimum atomic E-state index is -4.93. The highest BCUT2D eigenvalue weighted by atomic mass is 32.3. The van der Waals surface area contributed by atoms with E-state index in [2.05, 4.69) is 19.6 Å². The molecule has 158 valence electrons. The highest BCUT2D eigenvalue weighted by Crippen LogP contribution is 2.31. The number of halogens is 3. The normalized spacial score (nSPS) is 22.0. The first-order chi connectivity index (χ1) is 13.4. The molecule has 12 nitrogen and oxygen atoms in total. The SMILES string of the molecule is N=C(NC(=O)c1ncc(C(F)(F)F)cn1)[C@@H]1CC[C@@H]2CN1C(=O)N2OS(=O)(=O)O. The molecule has 2 atom stereocenters. The summed E-state index contributed by atoms with van der Waals surface area (Å²) in [7, 11) is -4.93. The van der Waals surface area contributed by atoms with Gasteiger partial charge in [-0.15, -0.1) is 4.28 Å². The molecule has 1 aromatic rings. The van der Waals surface area contributed by atoms with Crippen molar-refractivity contribution in [3.05, 3.63) is 23.8 Å². The minimum absolute atomic E-state index is 0.0198. The Morgan fingerprint density at radius 3 is 2.48 bits per heavy atom. The predicted molar refractivity (Wildman–Crippen MR) is 85.6 cm³/mol. The molecule has 0 saturated carbocycles. The standard InChI is InChI=1S/C13H13F3N6O6S/c14-13(15,16)6-3-18-10(19-4-6)11(23)20-9(17)8-2-1-7-5-21(8)12(24)22(7)28-29(25,26)27/h3-4,7-8H,1-2,5H2,(H2,17,20,23)(H,25,26,27)/t7-,8+/m1/s1. The number of hydrogen-bond donors (Lipinski definition) is 3. The number of nitrogens with zero attached hydrogens (tertiary/aromatic N) is 4. The van der Waals surface area contributed by atoms with E-state index in [9.17, 15) is 31.2 Å². The van der Waals surface area contributed by atoms with Crippen molar-refractivity contribution in [3.63, 3.8) is 0 Å². The third-order valence-corrected chi connectivity index (χ3v) is 4.61. The molecule has 3 amide bonds. The molecule has 0 unspecified atom stereocenters. The number of amidine groups is 1. The Kier molecular flexibility index (Phi) is 5.18. The molecule has 2 saturated heterocycles. The summed E-state index contributed by atoms with van der Waals surface area (Å²) in [5, 5.41) is 10.6. The molecule has 2 aliphatic heterocycles. The summed E-state index contributed by atoms with van der Waals surface area (Å²) in [6.07, 6.45) is -3.46.